The highest BCUT2D eigenvalue weighted by Crippen LogP contribution is 2.26. The van der Waals surface area contributed by atoms with E-state index in [-0.39, 0.29) is 16.5 Å². The molecule has 0 aromatic heterocycles. The summed E-state index contributed by atoms with van der Waals surface area (Å²) in [6, 6.07) is 3.83. The van der Waals surface area contributed by atoms with Crippen molar-refractivity contribution in [2.24, 2.45) is 0 Å². The van der Waals surface area contributed by atoms with Gasteiger partial charge in [0.2, 0.25) is 0 Å². The standard InChI is InChI=1S/C7H7ClO2/c1-10-5-2-3-7(9)6(8)4-5/h2-4,9H,1H3/i1D3. The number of halogens is 1. The van der Waals surface area contributed by atoms with E-state index in [0.717, 1.165) is 0 Å². The van der Waals surface area contributed by atoms with Gasteiger partial charge in [0.15, 0.2) is 0 Å². The molecule has 0 heterocycles. The summed E-state index contributed by atoms with van der Waals surface area (Å²) in [5, 5.41) is 9.07. The predicted octanol–water partition coefficient (Wildman–Crippen LogP) is 2.05. The Balaban J connectivity index is 2.86. The Kier molecular flexibility index (Phi) is 1.14. The van der Waals surface area contributed by atoms with Gasteiger partial charge in [0.05, 0.1) is 16.2 Å². The maximum atomic E-state index is 9.01. The molecule has 0 radical (unpaired) electrons. The van der Waals surface area contributed by atoms with E-state index in [1.807, 2.05) is 0 Å². The van der Waals surface area contributed by atoms with Gasteiger partial charge < -0.3 is 9.84 Å². The zero-order chi connectivity index (χ0) is 10.1. The van der Waals surface area contributed by atoms with E-state index in [2.05, 4.69) is 4.74 Å². The first-order valence-corrected chi connectivity index (χ1v) is 2.94. The first kappa shape index (κ1) is 4.09. The second-order valence-electron chi connectivity index (χ2n) is 1.72. The summed E-state index contributed by atoms with van der Waals surface area (Å²) in [7, 11) is -2.50. The molecule has 1 rings (SSSR count). The van der Waals surface area contributed by atoms with Crippen LogP contribution >= 0.6 is 11.6 Å². The molecule has 0 aliphatic heterocycles. The highest BCUT2D eigenvalue weighted by atomic mass is 35.5. The molecule has 0 saturated heterocycles. The maximum Gasteiger partial charge on any atom is 0.134 e. The van der Waals surface area contributed by atoms with Crippen LogP contribution in [0.3, 0.4) is 0 Å². The molecule has 0 unspecified atom stereocenters. The Bertz CT molecular complexity index is 311. The van der Waals surface area contributed by atoms with Crippen molar-refractivity contribution in [1.29, 1.82) is 0 Å². The molecule has 1 aromatic rings. The second kappa shape index (κ2) is 2.80. The predicted molar refractivity (Wildman–Crippen MR) is 39.7 cm³/mol. The zero-order valence-corrected chi connectivity index (χ0v) is 5.72. The minimum absolute atomic E-state index is 0.0572. The number of hydrogen-bond acceptors (Lipinski definition) is 2. The number of benzene rings is 1. The van der Waals surface area contributed by atoms with Crippen LogP contribution in [0.2, 0.25) is 5.02 Å². The van der Waals surface area contributed by atoms with E-state index >= 15 is 0 Å². The van der Waals surface area contributed by atoms with Gasteiger partial charge >= 0.3 is 0 Å². The van der Waals surface area contributed by atoms with E-state index in [1.54, 1.807) is 0 Å². The molecular weight excluding hydrogens is 152 g/mol. The fourth-order valence-corrected chi connectivity index (χ4v) is 0.722. The van der Waals surface area contributed by atoms with Crippen LogP contribution in [0.1, 0.15) is 4.11 Å². The molecule has 54 valence electrons. The molecule has 1 aromatic carbocycles. The van der Waals surface area contributed by atoms with Crippen LogP contribution in [0.5, 0.6) is 11.5 Å². The second-order valence-corrected chi connectivity index (χ2v) is 2.12. The minimum Gasteiger partial charge on any atom is -0.506 e. The number of ether oxygens (including phenoxy) is 1. The summed E-state index contributed by atoms with van der Waals surface area (Å²) in [6.45, 7) is 0. The molecule has 2 nitrogen and oxygen atoms in total. The van der Waals surface area contributed by atoms with Crippen LogP contribution in [-0.2, 0) is 0 Å². The lowest BCUT2D eigenvalue weighted by Crippen LogP contribution is -1.80. The lowest BCUT2D eigenvalue weighted by atomic mass is 10.3. The van der Waals surface area contributed by atoms with Crippen molar-refractivity contribution in [1.82, 2.24) is 0 Å². The first-order valence-electron chi connectivity index (χ1n) is 4.06. The Morgan fingerprint density at radius 3 is 3.10 bits per heavy atom. The SMILES string of the molecule is [2H]C([2H])([2H])Oc1ccc(O)c(Cl)c1. The molecule has 3 heteroatoms. The average Bonchev–Trinajstić information content (AvgIpc) is 1.94. The molecule has 0 spiro atoms. The van der Waals surface area contributed by atoms with Gasteiger partial charge in [0.25, 0.3) is 0 Å². The van der Waals surface area contributed by atoms with Gasteiger partial charge in [-0.2, -0.15) is 0 Å². The monoisotopic (exact) mass is 161 g/mol. The molecule has 0 amide bonds. The van der Waals surface area contributed by atoms with Crippen molar-refractivity contribution in [3.8, 4) is 11.5 Å². The summed E-state index contributed by atoms with van der Waals surface area (Å²) in [4.78, 5) is 0. The highest BCUT2D eigenvalue weighted by Gasteiger charge is 1.97. The fraction of sp³-hybridized carbons (Fsp3) is 0.143. The van der Waals surface area contributed by atoms with Crippen LogP contribution in [0.4, 0.5) is 0 Å². The van der Waals surface area contributed by atoms with Crippen molar-refractivity contribution in [3.63, 3.8) is 0 Å². The van der Waals surface area contributed by atoms with Crippen molar-refractivity contribution in [2.75, 3.05) is 7.04 Å². The molecule has 0 bridgehead atoms. The van der Waals surface area contributed by atoms with E-state index in [1.165, 1.54) is 18.2 Å². The van der Waals surface area contributed by atoms with E-state index in [4.69, 9.17) is 20.8 Å². The average molecular weight is 162 g/mol. The summed E-state index contributed by atoms with van der Waals surface area (Å²) >= 11 is 5.53. The molecule has 0 saturated carbocycles. The van der Waals surface area contributed by atoms with Crippen LogP contribution in [-0.4, -0.2) is 12.1 Å². The quantitative estimate of drug-likeness (QED) is 0.683. The van der Waals surface area contributed by atoms with Crippen LogP contribution in [0.15, 0.2) is 18.2 Å². The summed E-state index contributed by atoms with van der Waals surface area (Å²) in [6.07, 6.45) is 0. The molecule has 0 aliphatic rings. The molecule has 0 aliphatic carbocycles. The largest absolute Gasteiger partial charge is 0.506 e. The summed E-state index contributed by atoms with van der Waals surface area (Å²) in [5.74, 6) is -0.0117. The number of hydrogen-bond donors (Lipinski definition) is 1. The normalized spacial score (nSPS) is 15.1. The van der Waals surface area contributed by atoms with Crippen molar-refractivity contribution in [3.05, 3.63) is 23.2 Å². The van der Waals surface area contributed by atoms with E-state index < -0.39 is 7.04 Å². The third-order valence-electron chi connectivity index (χ3n) is 1.04. The highest BCUT2D eigenvalue weighted by molar-refractivity contribution is 6.32. The fourth-order valence-electron chi connectivity index (χ4n) is 0.551. The van der Waals surface area contributed by atoms with Crippen molar-refractivity contribution in [2.45, 2.75) is 0 Å². The number of aromatic hydroxyl groups is 1. The third-order valence-corrected chi connectivity index (χ3v) is 1.34. The Morgan fingerprint density at radius 1 is 1.70 bits per heavy atom. The van der Waals surface area contributed by atoms with Gasteiger partial charge in [-0.15, -0.1) is 0 Å². The zero-order valence-electron chi connectivity index (χ0n) is 7.97. The van der Waals surface area contributed by atoms with Gasteiger partial charge in [0.1, 0.15) is 11.5 Å². The number of phenolic OH excluding ortho intramolecular Hbond substituents is 1. The van der Waals surface area contributed by atoms with Gasteiger partial charge in [-0.25, -0.2) is 0 Å². The van der Waals surface area contributed by atoms with Crippen LogP contribution in [0.25, 0.3) is 0 Å². The van der Waals surface area contributed by atoms with Gasteiger partial charge in [-0.1, -0.05) is 11.6 Å². The van der Waals surface area contributed by atoms with Crippen LogP contribution in [0, 0.1) is 0 Å². The van der Waals surface area contributed by atoms with Crippen LogP contribution < -0.4 is 4.74 Å². The molecular formula is C7H7ClO2. The van der Waals surface area contributed by atoms with Crippen molar-refractivity contribution >= 4 is 11.6 Å². The van der Waals surface area contributed by atoms with Gasteiger partial charge in [0, 0.05) is 6.07 Å². The third kappa shape index (κ3) is 1.33. The Morgan fingerprint density at radius 2 is 2.50 bits per heavy atom. The molecule has 1 N–H and O–H groups in total. The molecule has 10 heavy (non-hydrogen) atoms. The maximum absolute atomic E-state index is 9.01. The van der Waals surface area contributed by atoms with E-state index in [0.29, 0.717) is 0 Å². The smallest absolute Gasteiger partial charge is 0.134 e. The van der Waals surface area contributed by atoms with Crippen molar-refractivity contribution < 1.29 is 14.0 Å². The first-order chi connectivity index (χ1) is 5.88. The number of methoxy groups -OCH3 is 1. The summed E-state index contributed by atoms with van der Waals surface area (Å²) < 4.78 is 24.9. The summed E-state index contributed by atoms with van der Waals surface area (Å²) in [5.41, 5.74) is 0. The number of rotatable bonds is 1. The van der Waals surface area contributed by atoms with Gasteiger partial charge in [-0.3, -0.25) is 0 Å². The van der Waals surface area contributed by atoms with E-state index in [9.17, 15) is 0 Å². The molecule has 0 fully saturated rings. The topological polar surface area (TPSA) is 29.5 Å². The lowest BCUT2D eigenvalue weighted by Gasteiger charge is -1.99. The Hall–Kier alpha value is -0.890. The van der Waals surface area contributed by atoms with Gasteiger partial charge in [-0.05, 0) is 12.1 Å². The Labute approximate surface area is 68.2 Å². The lowest BCUT2D eigenvalue weighted by molar-refractivity contribution is 0.412. The minimum atomic E-state index is -2.50. The molecule has 0 atom stereocenters. The number of phenols is 1.